The standard InChI is InChI=1S/C23H34O2/c1-4-16-6-8-19-18-7-5-17-15-23(24-13-14-25-23)12-11-22(17,3)20(18)9-10-21(16,19)2/h4-5,18-20H,6-15H2,1-3H3/t18?,19?,20?,21-,22+/m1/s1. The summed E-state index contributed by atoms with van der Waals surface area (Å²) in [6, 6.07) is 0. The molecule has 4 aliphatic carbocycles. The van der Waals surface area contributed by atoms with Crippen LogP contribution in [0.1, 0.15) is 72.1 Å². The van der Waals surface area contributed by atoms with Gasteiger partial charge in [0.2, 0.25) is 0 Å². The predicted molar refractivity (Wildman–Crippen MR) is 100 cm³/mol. The molecule has 1 saturated heterocycles. The van der Waals surface area contributed by atoms with Crippen molar-refractivity contribution in [2.45, 2.75) is 77.9 Å². The van der Waals surface area contributed by atoms with Crippen LogP contribution in [0.25, 0.3) is 0 Å². The summed E-state index contributed by atoms with van der Waals surface area (Å²) in [6.45, 7) is 8.97. The van der Waals surface area contributed by atoms with Gasteiger partial charge >= 0.3 is 0 Å². The molecule has 1 heterocycles. The first kappa shape index (κ1) is 16.6. The van der Waals surface area contributed by atoms with E-state index >= 15 is 0 Å². The zero-order valence-electron chi connectivity index (χ0n) is 16.3. The van der Waals surface area contributed by atoms with E-state index in [0.29, 0.717) is 10.8 Å². The molecule has 0 aromatic carbocycles. The van der Waals surface area contributed by atoms with Gasteiger partial charge in [-0.05, 0) is 74.0 Å². The van der Waals surface area contributed by atoms with Gasteiger partial charge in [0.05, 0.1) is 13.2 Å². The zero-order valence-corrected chi connectivity index (χ0v) is 16.3. The quantitative estimate of drug-likeness (QED) is 0.530. The molecular weight excluding hydrogens is 308 g/mol. The summed E-state index contributed by atoms with van der Waals surface area (Å²) in [7, 11) is 0. The van der Waals surface area contributed by atoms with Crippen molar-refractivity contribution in [1.29, 1.82) is 0 Å². The van der Waals surface area contributed by atoms with Gasteiger partial charge in [-0.1, -0.05) is 37.1 Å². The molecule has 138 valence electrons. The Kier molecular flexibility index (Phi) is 3.61. The zero-order chi connectivity index (χ0) is 17.3. The Labute approximate surface area is 153 Å². The van der Waals surface area contributed by atoms with Crippen LogP contribution in [0.2, 0.25) is 0 Å². The van der Waals surface area contributed by atoms with Crippen molar-refractivity contribution < 1.29 is 9.47 Å². The van der Waals surface area contributed by atoms with Crippen molar-refractivity contribution >= 4 is 0 Å². The molecule has 0 aromatic heterocycles. The van der Waals surface area contributed by atoms with Gasteiger partial charge in [0.15, 0.2) is 5.79 Å². The first-order chi connectivity index (χ1) is 12.0. The van der Waals surface area contributed by atoms with E-state index in [1.54, 1.807) is 11.1 Å². The molecule has 5 rings (SSSR count). The average molecular weight is 343 g/mol. The van der Waals surface area contributed by atoms with Gasteiger partial charge in [-0.25, -0.2) is 0 Å². The highest BCUT2D eigenvalue weighted by Gasteiger charge is 2.59. The van der Waals surface area contributed by atoms with Crippen LogP contribution >= 0.6 is 0 Å². The highest BCUT2D eigenvalue weighted by molar-refractivity contribution is 5.29. The van der Waals surface area contributed by atoms with Crippen LogP contribution in [0.5, 0.6) is 0 Å². The van der Waals surface area contributed by atoms with Crippen molar-refractivity contribution in [2.24, 2.45) is 28.6 Å². The lowest BCUT2D eigenvalue weighted by Crippen LogP contribution is -2.51. The van der Waals surface area contributed by atoms with Gasteiger partial charge < -0.3 is 9.47 Å². The molecule has 0 amide bonds. The fourth-order valence-electron chi connectivity index (χ4n) is 7.67. The fourth-order valence-corrected chi connectivity index (χ4v) is 7.67. The van der Waals surface area contributed by atoms with Crippen molar-refractivity contribution in [3.8, 4) is 0 Å². The summed E-state index contributed by atoms with van der Waals surface area (Å²) in [6.07, 6.45) is 15.3. The largest absolute Gasteiger partial charge is 0.347 e. The van der Waals surface area contributed by atoms with Gasteiger partial charge in [0.25, 0.3) is 0 Å². The second kappa shape index (κ2) is 5.45. The minimum Gasteiger partial charge on any atom is -0.347 e. The molecule has 5 aliphatic rings. The minimum atomic E-state index is -0.271. The van der Waals surface area contributed by atoms with Gasteiger partial charge in [0, 0.05) is 12.8 Å². The second-order valence-electron chi connectivity index (χ2n) is 9.85. The first-order valence-corrected chi connectivity index (χ1v) is 10.6. The average Bonchev–Trinajstić information content (AvgIpc) is 3.19. The van der Waals surface area contributed by atoms with Crippen LogP contribution in [-0.4, -0.2) is 19.0 Å². The molecule has 1 spiro atoms. The third-order valence-corrected chi connectivity index (χ3v) is 9.12. The molecule has 3 saturated carbocycles. The van der Waals surface area contributed by atoms with E-state index in [0.717, 1.165) is 43.8 Å². The maximum Gasteiger partial charge on any atom is 0.172 e. The summed E-state index contributed by atoms with van der Waals surface area (Å²) in [4.78, 5) is 0. The van der Waals surface area contributed by atoms with Gasteiger partial charge in [0.1, 0.15) is 0 Å². The molecule has 3 unspecified atom stereocenters. The summed E-state index contributed by atoms with van der Waals surface area (Å²) in [5.41, 5.74) is 4.30. The summed E-state index contributed by atoms with van der Waals surface area (Å²) in [5.74, 6) is 2.40. The molecule has 2 nitrogen and oxygen atoms in total. The smallest absolute Gasteiger partial charge is 0.172 e. The highest BCUT2D eigenvalue weighted by Crippen LogP contribution is 2.66. The molecular formula is C23H34O2. The van der Waals surface area contributed by atoms with E-state index in [9.17, 15) is 0 Å². The molecule has 2 heteroatoms. The first-order valence-electron chi connectivity index (χ1n) is 10.6. The summed E-state index contributed by atoms with van der Waals surface area (Å²) < 4.78 is 12.1. The third kappa shape index (κ3) is 2.16. The topological polar surface area (TPSA) is 18.5 Å². The Morgan fingerprint density at radius 3 is 2.52 bits per heavy atom. The van der Waals surface area contributed by atoms with E-state index < -0.39 is 0 Å². The van der Waals surface area contributed by atoms with Crippen molar-refractivity contribution in [3.05, 3.63) is 23.3 Å². The highest BCUT2D eigenvalue weighted by atomic mass is 16.7. The Morgan fingerprint density at radius 2 is 1.76 bits per heavy atom. The van der Waals surface area contributed by atoms with E-state index in [1.807, 2.05) is 0 Å². The van der Waals surface area contributed by atoms with Gasteiger partial charge in [-0.15, -0.1) is 0 Å². The van der Waals surface area contributed by atoms with E-state index in [-0.39, 0.29) is 5.79 Å². The van der Waals surface area contributed by atoms with Crippen LogP contribution in [0.3, 0.4) is 0 Å². The van der Waals surface area contributed by atoms with Crippen LogP contribution < -0.4 is 0 Å². The van der Waals surface area contributed by atoms with E-state index in [1.165, 1.54) is 38.5 Å². The molecule has 0 bridgehead atoms. The number of ether oxygens (including phenoxy) is 2. The number of rotatable bonds is 0. The lowest BCUT2D eigenvalue weighted by Gasteiger charge is -2.58. The molecule has 4 fully saturated rings. The van der Waals surface area contributed by atoms with E-state index in [2.05, 4.69) is 32.9 Å². The maximum absolute atomic E-state index is 6.05. The lowest BCUT2D eigenvalue weighted by molar-refractivity contribution is -0.184. The minimum absolute atomic E-state index is 0.271. The fraction of sp³-hybridized carbons (Fsp3) is 0.826. The van der Waals surface area contributed by atoms with Crippen molar-refractivity contribution in [3.63, 3.8) is 0 Å². The Hall–Kier alpha value is -0.600. The van der Waals surface area contributed by atoms with E-state index in [4.69, 9.17) is 9.47 Å². The normalized spacial score (nSPS) is 49.6. The van der Waals surface area contributed by atoms with Crippen molar-refractivity contribution in [1.82, 2.24) is 0 Å². The summed E-state index contributed by atoms with van der Waals surface area (Å²) in [5, 5.41) is 0. The van der Waals surface area contributed by atoms with Crippen molar-refractivity contribution in [2.75, 3.05) is 13.2 Å². The molecule has 25 heavy (non-hydrogen) atoms. The Bertz CT molecular complexity index is 626. The summed E-state index contributed by atoms with van der Waals surface area (Å²) >= 11 is 0. The monoisotopic (exact) mass is 342 g/mol. The molecule has 0 N–H and O–H groups in total. The maximum atomic E-state index is 6.05. The van der Waals surface area contributed by atoms with Crippen LogP contribution in [-0.2, 0) is 9.47 Å². The predicted octanol–water partition coefficient (Wildman–Crippen LogP) is 5.64. The molecule has 0 radical (unpaired) electrons. The SMILES string of the molecule is CC=C1CCC2C3CC=C4CC5(CC[C@]4(C)C3CC[C@]12C)OCCO5. The number of hydrogen-bond donors (Lipinski definition) is 0. The Morgan fingerprint density at radius 1 is 1.00 bits per heavy atom. The number of hydrogen-bond acceptors (Lipinski definition) is 2. The van der Waals surface area contributed by atoms with Gasteiger partial charge in [-0.3, -0.25) is 0 Å². The van der Waals surface area contributed by atoms with Crippen LogP contribution in [0, 0.1) is 28.6 Å². The number of allylic oxidation sites excluding steroid dienone is 3. The second-order valence-corrected chi connectivity index (χ2v) is 9.85. The molecule has 5 atom stereocenters. The molecule has 0 aromatic rings. The van der Waals surface area contributed by atoms with Gasteiger partial charge in [-0.2, -0.15) is 0 Å². The lowest BCUT2D eigenvalue weighted by atomic mass is 9.47. The van der Waals surface area contributed by atoms with Crippen LogP contribution in [0.4, 0.5) is 0 Å². The third-order valence-electron chi connectivity index (χ3n) is 9.12. The Balaban J connectivity index is 1.46. The molecule has 1 aliphatic heterocycles. The number of fused-ring (bicyclic) bond motifs is 5. The van der Waals surface area contributed by atoms with Crippen LogP contribution in [0.15, 0.2) is 23.3 Å².